The van der Waals surface area contributed by atoms with E-state index in [0.717, 1.165) is 27.7 Å². The van der Waals surface area contributed by atoms with E-state index < -0.39 is 0 Å². The number of hydrogen-bond donors (Lipinski definition) is 1. The number of carbonyl (C=O) groups excluding carboxylic acids is 1. The van der Waals surface area contributed by atoms with E-state index in [-0.39, 0.29) is 31.6 Å². The zero-order valence-electron chi connectivity index (χ0n) is 23.8. The quantitative estimate of drug-likeness (QED) is 0.111. The number of aliphatic hydroxyl groups is 1. The molecule has 1 radical (unpaired) electrons. The van der Waals surface area contributed by atoms with E-state index in [9.17, 15) is 4.79 Å². The zero-order valence-corrected chi connectivity index (χ0v) is 26.2. The average molecular weight is 738 g/mol. The number of nitrogens with zero attached hydrogens (tertiary/aromatic N) is 2. The van der Waals surface area contributed by atoms with Gasteiger partial charge < -0.3 is 9.67 Å². The normalized spacial score (nSPS) is 11.2. The molecule has 0 fully saturated rings. The molecule has 2 aromatic heterocycles. The fraction of sp³-hybridized carbons (Fsp3) is 0.0526. The van der Waals surface area contributed by atoms with Crippen molar-refractivity contribution in [2.75, 3.05) is 0 Å². The van der Waals surface area contributed by atoms with Gasteiger partial charge in [-0.25, -0.2) is 0 Å². The minimum atomic E-state index is -0.125. The minimum absolute atomic E-state index is 0. The number of aromatic nitrogens is 2. The van der Waals surface area contributed by atoms with Crippen molar-refractivity contribution in [3.8, 4) is 28.1 Å². The van der Waals surface area contributed by atoms with Crippen molar-refractivity contribution in [3.63, 3.8) is 0 Å². The first-order chi connectivity index (χ1) is 20.5. The van der Waals surface area contributed by atoms with Gasteiger partial charge in [-0.05, 0) is 66.9 Å². The fourth-order valence-corrected chi connectivity index (χ4v) is 5.31. The zero-order chi connectivity index (χ0) is 29.1. The third-order valence-corrected chi connectivity index (χ3v) is 7.11. The molecule has 7 aromatic rings. The number of allylic oxidation sites excluding steroid dienone is 2. The van der Waals surface area contributed by atoms with Gasteiger partial charge >= 0.3 is 0 Å². The van der Waals surface area contributed by atoms with Crippen molar-refractivity contribution < 1.29 is 30.0 Å². The molecule has 43 heavy (non-hydrogen) atoms. The summed E-state index contributed by atoms with van der Waals surface area (Å²) in [6.45, 7) is 2.85. The predicted molar refractivity (Wildman–Crippen MR) is 173 cm³/mol. The molecule has 0 saturated carbocycles. The van der Waals surface area contributed by atoms with Gasteiger partial charge in [-0.1, -0.05) is 72.8 Å². The van der Waals surface area contributed by atoms with Gasteiger partial charge in [0.15, 0.2) is 5.78 Å². The molecular weight excluding hydrogens is 709 g/mol. The summed E-state index contributed by atoms with van der Waals surface area (Å²) < 4.78 is 2.34. The molecule has 2 heterocycles. The van der Waals surface area contributed by atoms with Crippen molar-refractivity contribution in [1.29, 1.82) is 0 Å². The van der Waals surface area contributed by atoms with Crippen molar-refractivity contribution in [2.24, 2.45) is 0 Å². The first-order valence-electron chi connectivity index (χ1n) is 13.8. The van der Waals surface area contributed by atoms with E-state index in [1.165, 1.54) is 53.0 Å². The van der Waals surface area contributed by atoms with Crippen molar-refractivity contribution >= 4 is 38.5 Å². The molecule has 1 N–H and O–H groups in total. The summed E-state index contributed by atoms with van der Waals surface area (Å²) in [5.41, 5.74) is 8.88. The number of fused-ring (bicyclic) bond motifs is 4. The maximum atomic E-state index is 10.0. The number of hydrogen-bond acceptors (Lipinski definition) is 3. The Morgan fingerprint density at radius 2 is 1.44 bits per heavy atom. The van der Waals surface area contributed by atoms with Crippen LogP contribution in [0.3, 0.4) is 0 Å². The Morgan fingerprint density at radius 1 is 0.744 bits per heavy atom. The maximum Gasteiger partial charge on any atom is 0.155 e. The summed E-state index contributed by atoms with van der Waals surface area (Å²) in [5, 5.41) is 12.0. The van der Waals surface area contributed by atoms with Gasteiger partial charge in [0.05, 0.1) is 22.3 Å². The molecule has 5 heteroatoms. The molecule has 5 aromatic carbocycles. The smallest absolute Gasteiger partial charge is 0.155 e. The summed E-state index contributed by atoms with van der Waals surface area (Å²) in [5.74, 6) is -0.0625. The number of aliphatic hydroxyl groups excluding tert-OH is 1. The first-order valence-corrected chi connectivity index (χ1v) is 13.8. The Labute approximate surface area is 264 Å². The van der Waals surface area contributed by atoms with Gasteiger partial charge in [-0.3, -0.25) is 9.78 Å². The molecule has 0 atom stereocenters. The van der Waals surface area contributed by atoms with E-state index in [2.05, 4.69) is 120 Å². The number of ketones is 1. The van der Waals surface area contributed by atoms with Gasteiger partial charge in [0.1, 0.15) is 0 Å². The second kappa shape index (κ2) is 13.0. The van der Waals surface area contributed by atoms with E-state index >= 15 is 0 Å². The third kappa shape index (κ3) is 6.34. The predicted octanol–water partition coefficient (Wildman–Crippen LogP) is 9.50. The minimum Gasteiger partial charge on any atom is -0.512 e. The van der Waals surface area contributed by atoms with Crippen molar-refractivity contribution in [2.45, 2.75) is 13.8 Å². The van der Waals surface area contributed by atoms with Crippen LogP contribution in [0.1, 0.15) is 13.8 Å². The Morgan fingerprint density at radius 3 is 2.21 bits per heavy atom. The third-order valence-electron chi connectivity index (χ3n) is 7.11. The van der Waals surface area contributed by atoms with Gasteiger partial charge in [0.2, 0.25) is 0 Å². The Balaban J connectivity index is 0.000000415. The van der Waals surface area contributed by atoms with Crippen molar-refractivity contribution in [3.05, 3.63) is 145 Å². The maximum absolute atomic E-state index is 10.0. The van der Waals surface area contributed by atoms with Crippen LogP contribution in [-0.2, 0) is 24.9 Å². The molecule has 0 aliphatic heterocycles. The largest absolute Gasteiger partial charge is 0.512 e. The van der Waals surface area contributed by atoms with E-state index in [0.29, 0.717) is 0 Å². The number of pyridine rings is 1. The van der Waals surface area contributed by atoms with Gasteiger partial charge in [-0.2, -0.15) is 0 Å². The van der Waals surface area contributed by atoms with Crippen LogP contribution >= 0.6 is 0 Å². The first kappa shape index (κ1) is 29.7. The SMILES string of the molecule is CC(=O)C=C(C)O.[Ir].[c-]1ccc(-c2ccc3c(c2)c2ccccc2n3-c2ccccc2)cc1-c1ccc2ccccc2n1. The van der Waals surface area contributed by atoms with Gasteiger partial charge in [0.25, 0.3) is 0 Å². The standard InChI is InChI=1S/C33H21N2.C5H8O2.Ir/c1-2-12-27(13-3-1)35-32-16-7-5-14-28(32)29-22-25(18-20-33(29)35)24-10-8-11-26(21-24)31-19-17-23-9-4-6-15-30(23)34-31;1-4(6)3-5(2)7;/h1-10,12-22H;3,6H,1-2H3;/q-1;;. The Hall–Kier alpha value is -4.83. The molecule has 0 aliphatic rings. The number of para-hydroxylation sites is 3. The van der Waals surface area contributed by atoms with Crippen LogP contribution < -0.4 is 0 Å². The molecule has 7 rings (SSSR count). The molecule has 213 valence electrons. The Kier molecular flexibility index (Phi) is 8.96. The Bertz CT molecular complexity index is 2090. The second-order valence-electron chi connectivity index (χ2n) is 10.2. The van der Waals surface area contributed by atoms with E-state index in [1.54, 1.807) is 0 Å². The van der Waals surface area contributed by atoms with Crippen LogP contribution in [0.2, 0.25) is 0 Å². The fourth-order valence-electron chi connectivity index (χ4n) is 5.31. The van der Waals surface area contributed by atoms with Crippen molar-refractivity contribution in [1.82, 2.24) is 9.55 Å². The molecule has 0 spiro atoms. The summed E-state index contributed by atoms with van der Waals surface area (Å²) >= 11 is 0. The summed E-state index contributed by atoms with van der Waals surface area (Å²) in [4.78, 5) is 14.9. The summed E-state index contributed by atoms with van der Waals surface area (Å²) in [7, 11) is 0. The van der Waals surface area contributed by atoms with Crippen LogP contribution in [0.5, 0.6) is 0 Å². The number of carbonyl (C=O) groups is 1. The molecule has 0 aliphatic carbocycles. The van der Waals surface area contributed by atoms with Crippen LogP contribution in [0.25, 0.3) is 60.8 Å². The molecule has 0 unspecified atom stereocenters. The van der Waals surface area contributed by atoms with Crippen LogP contribution in [-0.4, -0.2) is 20.4 Å². The molecule has 0 amide bonds. The monoisotopic (exact) mass is 738 g/mol. The number of benzene rings is 5. The van der Waals surface area contributed by atoms with Gasteiger partial charge in [0, 0.05) is 42.6 Å². The average Bonchev–Trinajstić information content (AvgIpc) is 3.35. The van der Waals surface area contributed by atoms with E-state index in [1.807, 2.05) is 18.2 Å². The summed E-state index contributed by atoms with van der Waals surface area (Å²) in [6, 6.07) is 48.1. The van der Waals surface area contributed by atoms with Gasteiger partial charge in [-0.15, -0.1) is 35.4 Å². The molecule has 4 nitrogen and oxygen atoms in total. The van der Waals surface area contributed by atoms with Crippen LogP contribution in [0.4, 0.5) is 0 Å². The molecule has 0 saturated heterocycles. The van der Waals surface area contributed by atoms with E-state index in [4.69, 9.17) is 10.1 Å². The second-order valence-corrected chi connectivity index (χ2v) is 10.2. The molecule has 0 bridgehead atoms. The van der Waals surface area contributed by atoms with Crippen LogP contribution in [0, 0.1) is 6.07 Å². The summed E-state index contributed by atoms with van der Waals surface area (Å²) in [6.07, 6.45) is 1.17. The number of rotatable bonds is 4. The van der Waals surface area contributed by atoms with Crippen LogP contribution in [0.15, 0.2) is 139 Å². The molecular formula is C38H29IrN2O2-. The topological polar surface area (TPSA) is 55.1 Å².